The molecule has 0 radical (unpaired) electrons. The van der Waals surface area contributed by atoms with Crippen LogP contribution in [-0.4, -0.2) is 33.2 Å². The first-order valence-corrected chi connectivity index (χ1v) is 5.04. The van der Waals surface area contributed by atoms with Gasteiger partial charge in [0.1, 0.15) is 0 Å². The van der Waals surface area contributed by atoms with Crippen LogP contribution >= 0.6 is 11.8 Å². The molecule has 1 unspecified atom stereocenters. The van der Waals surface area contributed by atoms with Crippen LogP contribution in [-0.2, 0) is 11.8 Å². The number of ether oxygens (including phenoxy) is 1. The summed E-state index contributed by atoms with van der Waals surface area (Å²) < 4.78 is 7.06. The van der Waals surface area contributed by atoms with E-state index in [1.54, 1.807) is 16.3 Å². The number of thioether (sulfide) groups is 1. The van der Waals surface area contributed by atoms with Gasteiger partial charge in [-0.3, -0.25) is 4.57 Å². The molecule has 1 saturated heterocycles. The zero-order valence-corrected chi connectivity index (χ0v) is 8.25. The van der Waals surface area contributed by atoms with E-state index in [2.05, 4.69) is 10.2 Å². The first-order valence-electron chi connectivity index (χ1n) is 4.16. The molecule has 6 heteroatoms. The number of anilines is 1. The third kappa shape index (κ3) is 1.78. The highest BCUT2D eigenvalue weighted by Gasteiger charge is 2.19. The van der Waals surface area contributed by atoms with E-state index in [0.29, 0.717) is 11.2 Å². The third-order valence-corrected chi connectivity index (χ3v) is 3.30. The fourth-order valence-electron chi connectivity index (χ4n) is 1.18. The number of aromatic nitrogens is 3. The minimum absolute atomic E-state index is 0.460. The molecule has 0 bridgehead atoms. The summed E-state index contributed by atoms with van der Waals surface area (Å²) in [4.78, 5) is 0. The van der Waals surface area contributed by atoms with Crippen LogP contribution in [0.2, 0.25) is 0 Å². The first-order chi connectivity index (χ1) is 6.27. The summed E-state index contributed by atoms with van der Waals surface area (Å²) in [6.45, 7) is 1.66. The molecule has 0 aliphatic carbocycles. The van der Waals surface area contributed by atoms with Crippen LogP contribution in [0.25, 0.3) is 0 Å². The van der Waals surface area contributed by atoms with Crippen LogP contribution in [0.3, 0.4) is 0 Å². The second-order valence-corrected chi connectivity index (χ2v) is 4.27. The van der Waals surface area contributed by atoms with Gasteiger partial charge in [0, 0.05) is 18.9 Å². The first kappa shape index (κ1) is 8.83. The molecule has 2 rings (SSSR count). The van der Waals surface area contributed by atoms with Gasteiger partial charge in [0.2, 0.25) is 5.95 Å². The molecular weight excluding hydrogens is 188 g/mol. The van der Waals surface area contributed by atoms with Crippen molar-refractivity contribution < 1.29 is 4.74 Å². The summed E-state index contributed by atoms with van der Waals surface area (Å²) in [6, 6.07) is 0. The topological polar surface area (TPSA) is 66.0 Å². The lowest BCUT2D eigenvalue weighted by atomic mass is 10.4. The molecule has 1 fully saturated rings. The zero-order chi connectivity index (χ0) is 9.26. The molecule has 13 heavy (non-hydrogen) atoms. The Bertz CT molecular complexity index is 295. The van der Waals surface area contributed by atoms with E-state index in [4.69, 9.17) is 10.5 Å². The Hall–Kier alpha value is -0.750. The van der Waals surface area contributed by atoms with E-state index in [1.165, 1.54) is 0 Å². The number of hydrogen-bond donors (Lipinski definition) is 1. The molecule has 72 valence electrons. The number of rotatable bonds is 2. The number of nitrogens with zero attached hydrogens (tertiary/aromatic N) is 3. The van der Waals surface area contributed by atoms with Crippen molar-refractivity contribution in [3.8, 4) is 0 Å². The van der Waals surface area contributed by atoms with Gasteiger partial charge in [-0.25, -0.2) is 0 Å². The Balaban J connectivity index is 2.04. The van der Waals surface area contributed by atoms with E-state index < -0.39 is 0 Å². The molecule has 1 atom stereocenters. The molecule has 0 aromatic carbocycles. The molecule has 5 nitrogen and oxygen atoms in total. The number of hydrogen-bond acceptors (Lipinski definition) is 5. The minimum atomic E-state index is 0.460. The molecule has 1 aliphatic heterocycles. The average Bonchev–Trinajstić information content (AvgIpc) is 2.71. The fraction of sp³-hybridized carbons (Fsp3) is 0.714. The van der Waals surface area contributed by atoms with E-state index >= 15 is 0 Å². The van der Waals surface area contributed by atoms with Crippen LogP contribution in [0.4, 0.5) is 5.95 Å². The van der Waals surface area contributed by atoms with Crippen LogP contribution in [0.5, 0.6) is 0 Å². The lowest BCUT2D eigenvalue weighted by Crippen LogP contribution is -2.04. The van der Waals surface area contributed by atoms with Crippen molar-refractivity contribution in [3.05, 3.63) is 0 Å². The SMILES string of the molecule is Cn1c(N)nnc1SC1CCOC1. The lowest BCUT2D eigenvalue weighted by Gasteiger charge is -2.05. The van der Waals surface area contributed by atoms with Gasteiger partial charge in [0.15, 0.2) is 5.16 Å². The standard InChI is InChI=1S/C7H12N4OS/c1-11-6(8)9-10-7(11)13-5-2-3-12-4-5/h5H,2-4H2,1H3,(H2,8,9). The fourth-order valence-corrected chi connectivity index (χ4v) is 2.20. The molecule has 1 aliphatic rings. The summed E-state index contributed by atoms with van der Waals surface area (Å²) in [7, 11) is 1.87. The Kier molecular flexibility index (Phi) is 2.41. The van der Waals surface area contributed by atoms with E-state index in [0.717, 1.165) is 24.8 Å². The number of nitrogens with two attached hydrogens (primary N) is 1. The maximum atomic E-state index is 5.56. The summed E-state index contributed by atoms with van der Waals surface area (Å²) in [5.74, 6) is 0.460. The Morgan fingerprint density at radius 3 is 3.00 bits per heavy atom. The van der Waals surface area contributed by atoms with Gasteiger partial charge in [-0.1, -0.05) is 11.8 Å². The van der Waals surface area contributed by atoms with Crippen molar-refractivity contribution in [1.29, 1.82) is 0 Å². The molecule has 1 aromatic rings. The highest BCUT2D eigenvalue weighted by Crippen LogP contribution is 2.27. The monoisotopic (exact) mass is 200 g/mol. The summed E-state index contributed by atoms with van der Waals surface area (Å²) >= 11 is 1.68. The van der Waals surface area contributed by atoms with Crippen LogP contribution < -0.4 is 5.73 Å². The lowest BCUT2D eigenvalue weighted by molar-refractivity contribution is 0.199. The number of nitrogen functional groups attached to an aromatic ring is 1. The normalized spacial score (nSPS) is 22.4. The van der Waals surface area contributed by atoms with Gasteiger partial charge in [-0.15, -0.1) is 10.2 Å². The minimum Gasteiger partial charge on any atom is -0.380 e. The summed E-state index contributed by atoms with van der Waals surface area (Å²) in [6.07, 6.45) is 1.08. The van der Waals surface area contributed by atoms with Gasteiger partial charge < -0.3 is 10.5 Å². The van der Waals surface area contributed by atoms with Crippen molar-refractivity contribution in [3.63, 3.8) is 0 Å². The summed E-state index contributed by atoms with van der Waals surface area (Å²) in [5.41, 5.74) is 5.56. The molecular formula is C7H12N4OS. The maximum absolute atomic E-state index is 5.56. The largest absolute Gasteiger partial charge is 0.380 e. The van der Waals surface area contributed by atoms with E-state index in [1.807, 2.05) is 7.05 Å². The predicted molar refractivity (Wildman–Crippen MR) is 50.5 cm³/mol. The highest BCUT2D eigenvalue weighted by molar-refractivity contribution is 7.99. The van der Waals surface area contributed by atoms with Crippen molar-refractivity contribution in [2.24, 2.45) is 7.05 Å². The second-order valence-electron chi connectivity index (χ2n) is 3.00. The highest BCUT2D eigenvalue weighted by atomic mass is 32.2. The zero-order valence-electron chi connectivity index (χ0n) is 7.43. The van der Waals surface area contributed by atoms with Crippen molar-refractivity contribution >= 4 is 17.7 Å². The van der Waals surface area contributed by atoms with Crippen LogP contribution in [0, 0.1) is 0 Å². The van der Waals surface area contributed by atoms with Gasteiger partial charge in [-0.05, 0) is 6.42 Å². The molecule has 0 amide bonds. The molecule has 2 heterocycles. The van der Waals surface area contributed by atoms with Gasteiger partial charge in [-0.2, -0.15) is 0 Å². The molecule has 2 N–H and O–H groups in total. The Morgan fingerprint density at radius 1 is 1.62 bits per heavy atom. The molecule has 0 spiro atoms. The third-order valence-electron chi connectivity index (χ3n) is 2.03. The maximum Gasteiger partial charge on any atom is 0.222 e. The second kappa shape index (κ2) is 3.55. The molecule has 0 saturated carbocycles. The van der Waals surface area contributed by atoms with E-state index in [-0.39, 0.29) is 0 Å². The van der Waals surface area contributed by atoms with Crippen LogP contribution in [0.1, 0.15) is 6.42 Å². The Morgan fingerprint density at radius 2 is 2.46 bits per heavy atom. The van der Waals surface area contributed by atoms with Gasteiger partial charge in [0.05, 0.1) is 6.61 Å². The summed E-state index contributed by atoms with van der Waals surface area (Å²) in [5, 5.41) is 9.13. The predicted octanol–water partition coefficient (Wildman–Crippen LogP) is 0.278. The van der Waals surface area contributed by atoms with Gasteiger partial charge >= 0.3 is 0 Å². The van der Waals surface area contributed by atoms with Crippen molar-refractivity contribution in [2.75, 3.05) is 18.9 Å². The quantitative estimate of drug-likeness (QED) is 0.742. The Labute approximate surface area is 80.7 Å². The van der Waals surface area contributed by atoms with Crippen LogP contribution in [0.15, 0.2) is 5.16 Å². The van der Waals surface area contributed by atoms with Crippen molar-refractivity contribution in [1.82, 2.24) is 14.8 Å². The molecule has 1 aromatic heterocycles. The van der Waals surface area contributed by atoms with Gasteiger partial charge in [0.25, 0.3) is 0 Å². The smallest absolute Gasteiger partial charge is 0.222 e. The average molecular weight is 200 g/mol. The van der Waals surface area contributed by atoms with E-state index in [9.17, 15) is 0 Å². The van der Waals surface area contributed by atoms with Crippen molar-refractivity contribution in [2.45, 2.75) is 16.8 Å².